The number of rotatable bonds is 2. The summed E-state index contributed by atoms with van der Waals surface area (Å²) in [6.45, 7) is 0. The molecule has 0 aliphatic carbocycles. The molecule has 1 N–H and O–H groups in total. The molecular formula is C5H6ClNOS. The van der Waals surface area contributed by atoms with Crippen molar-refractivity contribution in [2.45, 2.75) is 0 Å². The Balaban J connectivity index is 2.61. The Bertz CT molecular complexity index is 189. The Hall–Kier alpha value is -0.250. The van der Waals surface area contributed by atoms with Crippen LogP contribution < -0.4 is 10.3 Å². The van der Waals surface area contributed by atoms with Gasteiger partial charge in [0, 0.05) is 7.05 Å². The van der Waals surface area contributed by atoms with E-state index in [1.807, 2.05) is 6.07 Å². The van der Waals surface area contributed by atoms with Crippen LogP contribution in [0, 0.1) is 0 Å². The van der Waals surface area contributed by atoms with Gasteiger partial charge in [-0.1, -0.05) is 22.9 Å². The molecule has 0 spiro atoms. The van der Waals surface area contributed by atoms with Crippen molar-refractivity contribution in [2.24, 2.45) is 0 Å². The van der Waals surface area contributed by atoms with E-state index in [4.69, 9.17) is 16.4 Å². The third-order valence-corrected chi connectivity index (χ3v) is 1.86. The Kier molecular flexibility index (Phi) is 2.33. The predicted octanol–water partition coefficient (Wildman–Crippen LogP) is 1.91. The van der Waals surface area contributed by atoms with Gasteiger partial charge in [0.2, 0.25) is 5.06 Å². The van der Waals surface area contributed by atoms with Gasteiger partial charge in [0.1, 0.15) is 0 Å². The first-order valence-electron chi connectivity index (χ1n) is 2.42. The number of hydrogen-bond acceptors (Lipinski definition) is 3. The predicted molar refractivity (Wildman–Crippen MR) is 39.0 cm³/mol. The van der Waals surface area contributed by atoms with E-state index in [1.165, 1.54) is 11.3 Å². The molecule has 50 valence electrons. The average Bonchev–Trinajstić information content (AvgIpc) is 2.17. The van der Waals surface area contributed by atoms with E-state index < -0.39 is 0 Å². The fourth-order valence-electron chi connectivity index (χ4n) is 0.453. The summed E-state index contributed by atoms with van der Waals surface area (Å²) in [6, 6.07) is 3.60. The van der Waals surface area contributed by atoms with Crippen molar-refractivity contribution in [3.8, 4) is 5.06 Å². The summed E-state index contributed by atoms with van der Waals surface area (Å²) >= 11 is 7.00. The zero-order valence-electron chi connectivity index (χ0n) is 4.85. The summed E-state index contributed by atoms with van der Waals surface area (Å²) in [5.74, 6) is 0. The van der Waals surface area contributed by atoms with Gasteiger partial charge in [0.15, 0.2) is 0 Å². The van der Waals surface area contributed by atoms with Gasteiger partial charge in [0.05, 0.1) is 4.34 Å². The molecule has 0 saturated heterocycles. The summed E-state index contributed by atoms with van der Waals surface area (Å²) in [4.78, 5) is 4.91. The van der Waals surface area contributed by atoms with Crippen LogP contribution in [0.3, 0.4) is 0 Å². The molecule has 0 aliphatic rings. The summed E-state index contributed by atoms with van der Waals surface area (Å²) in [5, 5.41) is 0.780. The van der Waals surface area contributed by atoms with E-state index in [-0.39, 0.29) is 0 Å². The van der Waals surface area contributed by atoms with Gasteiger partial charge in [-0.05, 0) is 12.1 Å². The van der Waals surface area contributed by atoms with Crippen molar-refractivity contribution in [3.63, 3.8) is 0 Å². The quantitative estimate of drug-likeness (QED) is 0.673. The molecular weight excluding hydrogens is 158 g/mol. The average molecular weight is 164 g/mol. The van der Waals surface area contributed by atoms with Gasteiger partial charge in [-0.3, -0.25) is 0 Å². The molecule has 0 fully saturated rings. The number of thiophene rings is 1. The van der Waals surface area contributed by atoms with E-state index in [9.17, 15) is 0 Å². The Morgan fingerprint density at radius 1 is 1.67 bits per heavy atom. The van der Waals surface area contributed by atoms with Crippen LogP contribution in [0.2, 0.25) is 4.34 Å². The minimum atomic E-state index is 0.736. The van der Waals surface area contributed by atoms with Crippen molar-refractivity contribution in [1.29, 1.82) is 0 Å². The molecule has 9 heavy (non-hydrogen) atoms. The maximum absolute atomic E-state index is 5.61. The number of hydrogen-bond donors (Lipinski definition) is 1. The van der Waals surface area contributed by atoms with E-state index in [0.717, 1.165) is 9.40 Å². The van der Waals surface area contributed by atoms with Gasteiger partial charge < -0.3 is 4.84 Å². The van der Waals surface area contributed by atoms with Crippen molar-refractivity contribution < 1.29 is 4.84 Å². The Labute approximate surface area is 62.4 Å². The minimum absolute atomic E-state index is 0.736. The highest BCUT2D eigenvalue weighted by Crippen LogP contribution is 2.27. The number of halogens is 1. The van der Waals surface area contributed by atoms with Gasteiger partial charge >= 0.3 is 0 Å². The first-order valence-corrected chi connectivity index (χ1v) is 3.61. The lowest BCUT2D eigenvalue weighted by molar-refractivity contribution is 0.231. The van der Waals surface area contributed by atoms with Crippen molar-refractivity contribution in [3.05, 3.63) is 16.5 Å². The molecule has 4 heteroatoms. The lowest BCUT2D eigenvalue weighted by Crippen LogP contribution is -2.09. The van der Waals surface area contributed by atoms with Gasteiger partial charge in [0.25, 0.3) is 0 Å². The third kappa shape index (κ3) is 1.86. The summed E-state index contributed by atoms with van der Waals surface area (Å²) in [6.07, 6.45) is 0. The maximum atomic E-state index is 5.61. The van der Waals surface area contributed by atoms with Crippen molar-refractivity contribution in [2.75, 3.05) is 7.05 Å². The molecule has 0 atom stereocenters. The maximum Gasteiger partial charge on any atom is 0.202 e. The zero-order chi connectivity index (χ0) is 6.69. The first-order chi connectivity index (χ1) is 4.33. The molecule has 1 rings (SSSR count). The summed E-state index contributed by atoms with van der Waals surface area (Å²) in [7, 11) is 1.70. The minimum Gasteiger partial charge on any atom is -0.398 e. The van der Waals surface area contributed by atoms with Gasteiger partial charge in [-0.15, -0.1) is 0 Å². The second kappa shape index (κ2) is 3.06. The van der Waals surface area contributed by atoms with Crippen molar-refractivity contribution in [1.82, 2.24) is 5.48 Å². The standard InChI is InChI=1S/C5H6ClNOS/c1-7-8-5-3-2-4(6)9-5/h2-3,7H,1H3. The molecule has 0 aliphatic heterocycles. The van der Waals surface area contributed by atoms with Crippen LogP contribution in [0.1, 0.15) is 0 Å². The summed E-state index contributed by atoms with van der Waals surface area (Å²) < 4.78 is 0.736. The van der Waals surface area contributed by atoms with Crippen LogP contribution in [0.25, 0.3) is 0 Å². The smallest absolute Gasteiger partial charge is 0.202 e. The molecule has 1 aromatic heterocycles. The van der Waals surface area contributed by atoms with E-state index >= 15 is 0 Å². The molecule has 2 nitrogen and oxygen atoms in total. The van der Waals surface area contributed by atoms with Crippen LogP contribution in [0.5, 0.6) is 5.06 Å². The normalized spacial score (nSPS) is 9.56. The lowest BCUT2D eigenvalue weighted by Gasteiger charge is -1.94. The highest BCUT2D eigenvalue weighted by atomic mass is 35.5. The van der Waals surface area contributed by atoms with Crippen LogP contribution in [0.4, 0.5) is 0 Å². The lowest BCUT2D eigenvalue weighted by atomic mass is 10.7. The van der Waals surface area contributed by atoms with Gasteiger partial charge in [-0.25, -0.2) is 0 Å². The summed E-state index contributed by atoms with van der Waals surface area (Å²) in [5.41, 5.74) is 2.55. The fourth-order valence-corrected chi connectivity index (χ4v) is 1.33. The first kappa shape index (κ1) is 6.86. The van der Waals surface area contributed by atoms with E-state index in [1.54, 1.807) is 13.1 Å². The largest absolute Gasteiger partial charge is 0.398 e. The molecule has 0 radical (unpaired) electrons. The second-order valence-corrected chi connectivity index (χ2v) is 3.04. The SMILES string of the molecule is CNOc1ccc(Cl)s1. The Morgan fingerprint density at radius 3 is 2.89 bits per heavy atom. The topological polar surface area (TPSA) is 21.3 Å². The van der Waals surface area contributed by atoms with E-state index in [0.29, 0.717) is 0 Å². The highest BCUT2D eigenvalue weighted by Gasteiger charge is 1.95. The third-order valence-electron chi connectivity index (χ3n) is 0.751. The molecule has 0 saturated carbocycles. The molecule has 1 aromatic rings. The van der Waals surface area contributed by atoms with Gasteiger partial charge in [-0.2, -0.15) is 5.48 Å². The zero-order valence-corrected chi connectivity index (χ0v) is 6.42. The number of hydroxylamine groups is 1. The molecule has 0 aromatic carbocycles. The molecule has 0 amide bonds. The second-order valence-electron chi connectivity index (χ2n) is 1.36. The molecule has 0 unspecified atom stereocenters. The van der Waals surface area contributed by atoms with Crippen LogP contribution >= 0.6 is 22.9 Å². The van der Waals surface area contributed by atoms with Crippen LogP contribution in [-0.4, -0.2) is 7.05 Å². The molecule has 1 heterocycles. The molecule has 0 bridgehead atoms. The Morgan fingerprint density at radius 2 is 2.44 bits per heavy atom. The van der Waals surface area contributed by atoms with E-state index in [2.05, 4.69) is 5.48 Å². The highest BCUT2D eigenvalue weighted by molar-refractivity contribution is 7.17. The van der Waals surface area contributed by atoms with Crippen LogP contribution in [-0.2, 0) is 0 Å². The fraction of sp³-hybridized carbons (Fsp3) is 0.200. The van der Waals surface area contributed by atoms with Crippen molar-refractivity contribution >= 4 is 22.9 Å². The van der Waals surface area contributed by atoms with Crippen LogP contribution in [0.15, 0.2) is 12.1 Å². The monoisotopic (exact) mass is 163 g/mol. The number of nitrogens with one attached hydrogen (secondary N) is 1.